The van der Waals surface area contributed by atoms with Crippen molar-refractivity contribution in [2.45, 2.75) is 26.4 Å². The molecule has 0 saturated carbocycles. The lowest BCUT2D eigenvalue weighted by molar-refractivity contribution is 0.130. The molecule has 0 unspecified atom stereocenters. The number of nitrogens with zero attached hydrogens (tertiary/aromatic N) is 1. The van der Waals surface area contributed by atoms with Crippen LogP contribution in [0.3, 0.4) is 0 Å². The molecule has 0 spiro atoms. The number of rotatable bonds is 2. The third-order valence-corrected chi connectivity index (χ3v) is 1.55. The molecule has 0 aliphatic rings. The van der Waals surface area contributed by atoms with Gasteiger partial charge in [0, 0.05) is 5.56 Å². The summed E-state index contributed by atoms with van der Waals surface area (Å²) in [5.41, 5.74) is 0.684. The maximum atomic E-state index is 5.74. The lowest BCUT2D eigenvalue weighted by atomic mass is 10.1. The van der Waals surface area contributed by atoms with Crippen LogP contribution in [0.25, 0.3) is 0 Å². The Bertz CT molecular complexity index is 326. The molecule has 0 aliphatic heterocycles. The van der Waals surface area contributed by atoms with Gasteiger partial charge in [0.25, 0.3) is 0 Å². The van der Waals surface area contributed by atoms with Gasteiger partial charge in [-0.3, -0.25) is 0 Å². The van der Waals surface area contributed by atoms with Crippen LogP contribution in [0.2, 0.25) is 0 Å². The molecule has 0 atom stereocenters. The minimum atomic E-state index is -0.210. The number of hydrazone groups is 1. The number of nitrogens with two attached hydrogens (primary N) is 1. The second kappa shape index (κ2) is 4.13. The summed E-state index contributed by atoms with van der Waals surface area (Å²) in [4.78, 5) is 0. The van der Waals surface area contributed by atoms with Gasteiger partial charge in [0.05, 0.1) is 6.21 Å². The monoisotopic (exact) mass is 192 g/mol. The third kappa shape index (κ3) is 3.09. The Hall–Kier alpha value is -1.51. The van der Waals surface area contributed by atoms with E-state index in [2.05, 4.69) is 5.10 Å². The second-order valence-corrected chi connectivity index (χ2v) is 4.03. The van der Waals surface area contributed by atoms with Crippen molar-refractivity contribution >= 4 is 6.21 Å². The van der Waals surface area contributed by atoms with Crippen LogP contribution in [0.1, 0.15) is 26.3 Å². The summed E-state index contributed by atoms with van der Waals surface area (Å²) in [5.74, 6) is 5.91. The Labute approximate surface area is 84.6 Å². The van der Waals surface area contributed by atoms with E-state index in [1.54, 1.807) is 6.21 Å². The lowest BCUT2D eigenvalue weighted by Gasteiger charge is -2.22. The van der Waals surface area contributed by atoms with Crippen molar-refractivity contribution in [3.63, 3.8) is 0 Å². The molecule has 0 aromatic heterocycles. The molecule has 0 bridgehead atoms. The highest BCUT2D eigenvalue weighted by atomic mass is 16.5. The highest BCUT2D eigenvalue weighted by molar-refractivity contribution is 5.83. The van der Waals surface area contributed by atoms with Gasteiger partial charge in [0.1, 0.15) is 11.4 Å². The van der Waals surface area contributed by atoms with Crippen LogP contribution in [0, 0.1) is 0 Å². The molecule has 0 fully saturated rings. The van der Waals surface area contributed by atoms with Crippen molar-refractivity contribution in [3.05, 3.63) is 29.8 Å². The fourth-order valence-corrected chi connectivity index (χ4v) is 1.09. The molecular formula is C11H16N2O. The zero-order valence-corrected chi connectivity index (χ0v) is 8.82. The molecule has 2 N–H and O–H groups in total. The normalized spacial score (nSPS) is 11.9. The maximum Gasteiger partial charge on any atom is 0.128 e. The van der Waals surface area contributed by atoms with Crippen LogP contribution < -0.4 is 10.6 Å². The molecule has 76 valence electrons. The van der Waals surface area contributed by atoms with E-state index in [1.165, 1.54) is 0 Å². The van der Waals surface area contributed by atoms with Crippen molar-refractivity contribution in [3.8, 4) is 5.75 Å². The summed E-state index contributed by atoms with van der Waals surface area (Å²) in [6.45, 7) is 6.01. The van der Waals surface area contributed by atoms with E-state index < -0.39 is 0 Å². The van der Waals surface area contributed by atoms with Gasteiger partial charge in [-0.2, -0.15) is 5.10 Å². The Morgan fingerprint density at radius 1 is 1.29 bits per heavy atom. The van der Waals surface area contributed by atoms with E-state index >= 15 is 0 Å². The molecule has 0 radical (unpaired) electrons. The Balaban J connectivity index is 2.96. The molecule has 0 amide bonds. The molecule has 1 aromatic carbocycles. The van der Waals surface area contributed by atoms with E-state index in [4.69, 9.17) is 10.6 Å². The largest absolute Gasteiger partial charge is 0.487 e. The van der Waals surface area contributed by atoms with Crippen molar-refractivity contribution in [2.24, 2.45) is 10.9 Å². The van der Waals surface area contributed by atoms with Gasteiger partial charge in [-0.05, 0) is 32.9 Å². The standard InChI is InChI=1S/C11H16N2O/c1-11(2,3)14-10-7-5-4-6-9(10)8-13-12/h4-8H,12H2,1-3H3. The first kappa shape index (κ1) is 10.6. The minimum absolute atomic E-state index is 0.210. The quantitative estimate of drug-likeness (QED) is 0.443. The fourth-order valence-electron chi connectivity index (χ4n) is 1.09. The van der Waals surface area contributed by atoms with Gasteiger partial charge >= 0.3 is 0 Å². The van der Waals surface area contributed by atoms with Gasteiger partial charge in [-0.25, -0.2) is 0 Å². The molecular weight excluding hydrogens is 176 g/mol. The van der Waals surface area contributed by atoms with Crippen LogP contribution in [0.4, 0.5) is 0 Å². The van der Waals surface area contributed by atoms with Crippen LogP contribution in [-0.4, -0.2) is 11.8 Å². The summed E-state index contributed by atoms with van der Waals surface area (Å²) in [6, 6.07) is 7.67. The Morgan fingerprint density at radius 3 is 2.50 bits per heavy atom. The van der Waals surface area contributed by atoms with E-state index in [0.29, 0.717) is 0 Å². The summed E-state index contributed by atoms with van der Waals surface area (Å²) in [7, 11) is 0. The SMILES string of the molecule is CC(C)(C)Oc1ccccc1C=NN. The zero-order chi connectivity index (χ0) is 10.6. The predicted molar refractivity (Wildman–Crippen MR) is 58.6 cm³/mol. The summed E-state index contributed by atoms with van der Waals surface area (Å²) in [6.07, 6.45) is 1.58. The molecule has 3 nitrogen and oxygen atoms in total. The van der Waals surface area contributed by atoms with E-state index in [0.717, 1.165) is 11.3 Å². The zero-order valence-electron chi connectivity index (χ0n) is 8.82. The number of hydrogen-bond acceptors (Lipinski definition) is 3. The summed E-state index contributed by atoms with van der Waals surface area (Å²) < 4.78 is 5.74. The van der Waals surface area contributed by atoms with Crippen molar-refractivity contribution in [1.29, 1.82) is 0 Å². The topological polar surface area (TPSA) is 47.6 Å². The van der Waals surface area contributed by atoms with Gasteiger partial charge < -0.3 is 10.6 Å². The predicted octanol–water partition coefficient (Wildman–Crippen LogP) is 2.16. The molecule has 3 heteroatoms. The van der Waals surface area contributed by atoms with Gasteiger partial charge in [-0.15, -0.1) is 0 Å². The van der Waals surface area contributed by atoms with Gasteiger partial charge in [0.15, 0.2) is 0 Å². The minimum Gasteiger partial charge on any atom is -0.487 e. The second-order valence-electron chi connectivity index (χ2n) is 4.03. The van der Waals surface area contributed by atoms with Gasteiger partial charge in [-0.1, -0.05) is 12.1 Å². The molecule has 1 aromatic rings. The van der Waals surface area contributed by atoms with Crippen molar-refractivity contribution in [2.75, 3.05) is 0 Å². The van der Waals surface area contributed by atoms with E-state index in [9.17, 15) is 0 Å². The number of para-hydroxylation sites is 1. The molecule has 0 aliphatic carbocycles. The molecule has 14 heavy (non-hydrogen) atoms. The Kier molecular flexibility index (Phi) is 3.12. The first-order valence-electron chi connectivity index (χ1n) is 4.54. The summed E-state index contributed by atoms with van der Waals surface area (Å²) >= 11 is 0. The first-order valence-corrected chi connectivity index (χ1v) is 4.54. The highest BCUT2D eigenvalue weighted by Gasteiger charge is 2.13. The van der Waals surface area contributed by atoms with Crippen LogP contribution in [0.5, 0.6) is 5.75 Å². The highest BCUT2D eigenvalue weighted by Crippen LogP contribution is 2.21. The average Bonchev–Trinajstić information content (AvgIpc) is 2.06. The number of benzene rings is 1. The number of hydrogen-bond donors (Lipinski definition) is 1. The maximum absolute atomic E-state index is 5.74. The van der Waals surface area contributed by atoms with E-state index in [-0.39, 0.29) is 5.60 Å². The van der Waals surface area contributed by atoms with E-state index in [1.807, 2.05) is 45.0 Å². The molecule has 1 rings (SSSR count). The molecule has 0 heterocycles. The Morgan fingerprint density at radius 2 is 1.93 bits per heavy atom. The average molecular weight is 192 g/mol. The van der Waals surface area contributed by atoms with Crippen molar-refractivity contribution in [1.82, 2.24) is 0 Å². The van der Waals surface area contributed by atoms with Gasteiger partial charge in [0.2, 0.25) is 0 Å². The van der Waals surface area contributed by atoms with Crippen molar-refractivity contribution < 1.29 is 4.74 Å². The first-order chi connectivity index (χ1) is 6.53. The van der Waals surface area contributed by atoms with Crippen LogP contribution in [-0.2, 0) is 0 Å². The number of ether oxygens (including phenoxy) is 1. The van der Waals surface area contributed by atoms with Crippen LogP contribution >= 0.6 is 0 Å². The third-order valence-electron chi connectivity index (χ3n) is 1.55. The smallest absolute Gasteiger partial charge is 0.128 e. The van der Waals surface area contributed by atoms with Crippen LogP contribution in [0.15, 0.2) is 29.4 Å². The lowest BCUT2D eigenvalue weighted by Crippen LogP contribution is -2.23. The fraction of sp³-hybridized carbons (Fsp3) is 0.364. The summed E-state index contributed by atoms with van der Waals surface area (Å²) in [5, 5.41) is 3.49. The molecule has 0 saturated heterocycles.